The molecule has 14 heavy (non-hydrogen) atoms. The minimum absolute atomic E-state index is 0.0116. The van der Waals surface area contributed by atoms with Crippen molar-refractivity contribution in [3.05, 3.63) is 0 Å². The van der Waals surface area contributed by atoms with E-state index in [1.165, 1.54) is 0 Å². The van der Waals surface area contributed by atoms with E-state index in [1.54, 1.807) is 16.7 Å². The monoisotopic (exact) mass is 281 g/mol. The third kappa shape index (κ3) is 3.14. The number of amides is 1. The molecule has 1 aliphatic rings. The number of hydrogen-bond donors (Lipinski definition) is 1. The molecule has 3 nitrogen and oxygen atoms in total. The summed E-state index contributed by atoms with van der Waals surface area (Å²) in [6, 6.07) is 0.0116. The Kier molecular flexibility index (Phi) is 5.26. The van der Waals surface area contributed by atoms with Crippen LogP contribution in [0.15, 0.2) is 0 Å². The van der Waals surface area contributed by atoms with Crippen LogP contribution in [0.3, 0.4) is 0 Å². The molecular weight excluding hydrogens is 266 g/mol. The molecule has 0 saturated carbocycles. The average molecular weight is 282 g/mol. The standard InChI is InChI=1S/C9H16BrNO2S/c1-14-3-2-8(6-12)11-5-7(10)4-9(11)13/h7-8,12H,2-6H2,1H3. The molecule has 0 aromatic rings. The molecule has 1 heterocycles. The fourth-order valence-corrected chi connectivity index (χ4v) is 2.74. The summed E-state index contributed by atoms with van der Waals surface area (Å²) in [5.74, 6) is 1.15. The summed E-state index contributed by atoms with van der Waals surface area (Å²) >= 11 is 5.18. The van der Waals surface area contributed by atoms with Crippen LogP contribution in [0.25, 0.3) is 0 Å². The number of thioether (sulfide) groups is 1. The van der Waals surface area contributed by atoms with Gasteiger partial charge in [0.2, 0.25) is 5.91 Å². The van der Waals surface area contributed by atoms with Crippen molar-refractivity contribution in [1.29, 1.82) is 0 Å². The summed E-state index contributed by atoms with van der Waals surface area (Å²) < 4.78 is 0. The van der Waals surface area contributed by atoms with Gasteiger partial charge in [0.15, 0.2) is 0 Å². The van der Waals surface area contributed by atoms with Crippen molar-refractivity contribution in [3.8, 4) is 0 Å². The van der Waals surface area contributed by atoms with E-state index in [9.17, 15) is 9.90 Å². The van der Waals surface area contributed by atoms with Gasteiger partial charge in [0, 0.05) is 17.8 Å². The van der Waals surface area contributed by atoms with E-state index in [1.807, 2.05) is 6.26 Å². The first-order chi connectivity index (χ1) is 6.69. The fourth-order valence-electron chi connectivity index (χ4n) is 1.64. The van der Waals surface area contributed by atoms with Gasteiger partial charge in [-0.3, -0.25) is 4.79 Å². The van der Waals surface area contributed by atoms with Crippen molar-refractivity contribution in [2.24, 2.45) is 0 Å². The minimum Gasteiger partial charge on any atom is -0.394 e. The molecule has 1 amide bonds. The maximum atomic E-state index is 11.5. The number of aliphatic hydroxyl groups excluding tert-OH is 1. The maximum Gasteiger partial charge on any atom is 0.224 e. The van der Waals surface area contributed by atoms with E-state index in [0.29, 0.717) is 6.42 Å². The Bertz CT molecular complexity index is 203. The molecule has 1 saturated heterocycles. The number of likely N-dealkylation sites (tertiary alicyclic amines) is 1. The second-order valence-electron chi connectivity index (χ2n) is 3.47. The van der Waals surface area contributed by atoms with Gasteiger partial charge in [-0.2, -0.15) is 11.8 Å². The van der Waals surface area contributed by atoms with E-state index in [0.717, 1.165) is 18.7 Å². The molecule has 0 aromatic heterocycles. The highest BCUT2D eigenvalue weighted by Gasteiger charge is 2.32. The van der Waals surface area contributed by atoms with Gasteiger partial charge in [-0.15, -0.1) is 0 Å². The maximum absolute atomic E-state index is 11.5. The topological polar surface area (TPSA) is 40.5 Å². The molecular formula is C9H16BrNO2S. The third-order valence-corrected chi connectivity index (χ3v) is 3.68. The van der Waals surface area contributed by atoms with Gasteiger partial charge in [-0.25, -0.2) is 0 Å². The Morgan fingerprint density at radius 3 is 2.93 bits per heavy atom. The number of nitrogens with zero attached hydrogens (tertiary/aromatic N) is 1. The second kappa shape index (κ2) is 5.98. The molecule has 1 rings (SSSR count). The Morgan fingerprint density at radius 2 is 2.50 bits per heavy atom. The Hall–Kier alpha value is 0.260. The van der Waals surface area contributed by atoms with Crippen LogP contribution in [0, 0.1) is 0 Å². The SMILES string of the molecule is CSCCC(CO)N1CC(Br)CC1=O. The highest BCUT2D eigenvalue weighted by atomic mass is 79.9. The number of alkyl halides is 1. The minimum atomic E-state index is 0.0116. The highest BCUT2D eigenvalue weighted by molar-refractivity contribution is 9.09. The van der Waals surface area contributed by atoms with Crippen molar-refractivity contribution in [3.63, 3.8) is 0 Å². The zero-order chi connectivity index (χ0) is 10.6. The Balaban J connectivity index is 2.47. The van der Waals surface area contributed by atoms with Crippen molar-refractivity contribution in [1.82, 2.24) is 4.90 Å². The second-order valence-corrected chi connectivity index (χ2v) is 5.75. The number of rotatable bonds is 5. The van der Waals surface area contributed by atoms with E-state index < -0.39 is 0 Å². The van der Waals surface area contributed by atoms with Crippen LogP contribution >= 0.6 is 27.7 Å². The predicted molar refractivity (Wildman–Crippen MR) is 62.9 cm³/mol. The summed E-state index contributed by atoms with van der Waals surface area (Å²) in [6.45, 7) is 0.810. The van der Waals surface area contributed by atoms with Crippen molar-refractivity contribution in [2.45, 2.75) is 23.7 Å². The number of carbonyl (C=O) groups excluding carboxylic acids is 1. The van der Waals surface area contributed by atoms with Crippen LogP contribution in [-0.2, 0) is 4.79 Å². The van der Waals surface area contributed by atoms with Crippen molar-refractivity contribution in [2.75, 3.05) is 25.2 Å². The van der Waals surface area contributed by atoms with Gasteiger partial charge in [0.25, 0.3) is 0 Å². The third-order valence-electron chi connectivity index (χ3n) is 2.42. The lowest BCUT2D eigenvalue weighted by atomic mass is 10.2. The van der Waals surface area contributed by atoms with Crippen LogP contribution < -0.4 is 0 Å². The molecule has 0 bridgehead atoms. The zero-order valence-electron chi connectivity index (χ0n) is 8.28. The molecule has 2 unspecified atom stereocenters. The summed E-state index contributed by atoms with van der Waals surface area (Å²) in [7, 11) is 0. The lowest BCUT2D eigenvalue weighted by Crippen LogP contribution is -2.39. The first-order valence-electron chi connectivity index (χ1n) is 4.72. The van der Waals surface area contributed by atoms with Crippen LogP contribution in [-0.4, -0.2) is 51.9 Å². The molecule has 5 heteroatoms. The molecule has 1 aliphatic heterocycles. The van der Waals surface area contributed by atoms with Gasteiger partial charge in [0.05, 0.1) is 12.6 Å². The fraction of sp³-hybridized carbons (Fsp3) is 0.889. The number of halogens is 1. The van der Waals surface area contributed by atoms with Crippen LogP contribution in [0.2, 0.25) is 0 Å². The molecule has 0 aliphatic carbocycles. The first-order valence-corrected chi connectivity index (χ1v) is 7.03. The first kappa shape index (κ1) is 12.3. The summed E-state index contributed by atoms with van der Waals surface area (Å²) in [6.07, 6.45) is 3.48. The summed E-state index contributed by atoms with van der Waals surface area (Å²) in [5, 5.41) is 9.20. The number of hydrogen-bond acceptors (Lipinski definition) is 3. The Morgan fingerprint density at radius 1 is 1.79 bits per heavy atom. The highest BCUT2D eigenvalue weighted by Crippen LogP contribution is 2.22. The van der Waals surface area contributed by atoms with Crippen LogP contribution in [0.4, 0.5) is 0 Å². The Labute approximate surface area is 97.4 Å². The van der Waals surface area contributed by atoms with E-state index >= 15 is 0 Å². The normalized spacial score (nSPS) is 24.4. The average Bonchev–Trinajstić information content (AvgIpc) is 2.47. The van der Waals surface area contributed by atoms with Gasteiger partial charge in [0.1, 0.15) is 0 Å². The number of carbonyl (C=O) groups is 1. The summed E-state index contributed by atoms with van der Waals surface area (Å²) in [4.78, 5) is 13.6. The van der Waals surface area contributed by atoms with E-state index in [-0.39, 0.29) is 23.4 Å². The molecule has 2 atom stereocenters. The molecule has 1 fully saturated rings. The van der Waals surface area contributed by atoms with E-state index in [2.05, 4.69) is 15.9 Å². The predicted octanol–water partition coefficient (Wildman–Crippen LogP) is 1.10. The largest absolute Gasteiger partial charge is 0.394 e. The molecule has 0 radical (unpaired) electrons. The lowest BCUT2D eigenvalue weighted by molar-refractivity contribution is -0.130. The van der Waals surface area contributed by atoms with Crippen LogP contribution in [0.1, 0.15) is 12.8 Å². The number of aliphatic hydroxyl groups is 1. The lowest BCUT2D eigenvalue weighted by Gasteiger charge is -2.25. The van der Waals surface area contributed by atoms with Gasteiger partial charge >= 0.3 is 0 Å². The van der Waals surface area contributed by atoms with Crippen molar-refractivity contribution < 1.29 is 9.90 Å². The quantitative estimate of drug-likeness (QED) is 0.768. The van der Waals surface area contributed by atoms with Gasteiger partial charge < -0.3 is 10.0 Å². The molecule has 0 aromatic carbocycles. The van der Waals surface area contributed by atoms with Crippen molar-refractivity contribution >= 4 is 33.6 Å². The van der Waals surface area contributed by atoms with Crippen LogP contribution in [0.5, 0.6) is 0 Å². The van der Waals surface area contributed by atoms with Gasteiger partial charge in [-0.1, -0.05) is 15.9 Å². The zero-order valence-corrected chi connectivity index (χ0v) is 10.7. The van der Waals surface area contributed by atoms with Gasteiger partial charge in [-0.05, 0) is 18.4 Å². The van der Waals surface area contributed by atoms with E-state index in [4.69, 9.17) is 0 Å². The molecule has 0 spiro atoms. The summed E-state index contributed by atoms with van der Waals surface area (Å²) in [5.41, 5.74) is 0. The smallest absolute Gasteiger partial charge is 0.224 e. The molecule has 82 valence electrons. The molecule has 1 N–H and O–H groups in total.